The van der Waals surface area contributed by atoms with Crippen molar-refractivity contribution in [3.05, 3.63) is 12.2 Å². The third-order valence-corrected chi connectivity index (χ3v) is 3.15. The van der Waals surface area contributed by atoms with Crippen molar-refractivity contribution in [3.8, 4) is 0 Å². The second-order valence-electron chi connectivity index (χ2n) is 4.49. The van der Waals surface area contributed by atoms with E-state index in [1.807, 2.05) is 6.08 Å². The molecule has 0 aromatic carbocycles. The lowest BCUT2D eigenvalue weighted by atomic mass is 9.84. The molecule has 0 aromatic rings. The van der Waals surface area contributed by atoms with Crippen molar-refractivity contribution in [1.82, 2.24) is 0 Å². The van der Waals surface area contributed by atoms with E-state index in [1.54, 1.807) is 6.92 Å². The van der Waals surface area contributed by atoms with Crippen molar-refractivity contribution in [3.63, 3.8) is 0 Å². The highest BCUT2D eigenvalue weighted by atomic mass is 16.5. The lowest BCUT2D eigenvalue weighted by Crippen LogP contribution is -2.18. The number of unbranched alkanes of at least 4 members (excludes halogenated alkanes) is 1. The minimum Gasteiger partial charge on any atom is -0.463 e. The van der Waals surface area contributed by atoms with Gasteiger partial charge in [0.2, 0.25) is 0 Å². The Labute approximate surface area is 103 Å². The molecule has 0 aromatic heterocycles. The summed E-state index contributed by atoms with van der Waals surface area (Å²) in [6.07, 6.45) is 10.2. The molecule has 0 heterocycles. The maximum Gasteiger partial charge on any atom is 0.330 e. The van der Waals surface area contributed by atoms with Gasteiger partial charge in [0.25, 0.3) is 0 Å². The molecule has 96 valence electrons. The number of hydrogen-bond donors (Lipinski definition) is 0. The van der Waals surface area contributed by atoms with Gasteiger partial charge in [0.1, 0.15) is 5.78 Å². The number of ketones is 1. The molecule has 0 amide bonds. The summed E-state index contributed by atoms with van der Waals surface area (Å²) >= 11 is 0. The van der Waals surface area contributed by atoms with Crippen LogP contribution in [0.2, 0.25) is 0 Å². The van der Waals surface area contributed by atoms with E-state index in [9.17, 15) is 9.59 Å². The van der Waals surface area contributed by atoms with Crippen LogP contribution < -0.4 is 0 Å². The molecular weight excluding hydrogens is 216 g/mol. The van der Waals surface area contributed by atoms with Crippen molar-refractivity contribution in [1.29, 1.82) is 0 Å². The predicted octanol–water partition coefficient (Wildman–Crippen LogP) is 3.04. The van der Waals surface area contributed by atoms with E-state index >= 15 is 0 Å². The van der Waals surface area contributed by atoms with E-state index in [2.05, 4.69) is 0 Å². The number of rotatable bonds is 6. The molecule has 0 radical (unpaired) electrons. The zero-order valence-electron chi connectivity index (χ0n) is 10.6. The lowest BCUT2D eigenvalue weighted by Gasteiger charge is -2.19. The standard InChI is InChI=1S/C14H22O3/c1-2-17-14(16)11-5-3-4-8-12-9-6-7-10-13(12)15/h5,11-12H,2-4,6-10H2,1H3/b11-5+. The highest BCUT2D eigenvalue weighted by Gasteiger charge is 2.20. The molecule has 0 aliphatic heterocycles. The first-order valence-electron chi connectivity index (χ1n) is 6.60. The zero-order valence-corrected chi connectivity index (χ0v) is 10.6. The van der Waals surface area contributed by atoms with Gasteiger partial charge >= 0.3 is 5.97 Å². The summed E-state index contributed by atoms with van der Waals surface area (Å²) in [5.41, 5.74) is 0. The van der Waals surface area contributed by atoms with Gasteiger partial charge in [-0.2, -0.15) is 0 Å². The van der Waals surface area contributed by atoms with Gasteiger partial charge in [0.15, 0.2) is 0 Å². The predicted molar refractivity (Wildman–Crippen MR) is 66.6 cm³/mol. The third-order valence-electron chi connectivity index (χ3n) is 3.15. The fourth-order valence-electron chi connectivity index (χ4n) is 2.21. The van der Waals surface area contributed by atoms with Crippen LogP contribution in [0.15, 0.2) is 12.2 Å². The van der Waals surface area contributed by atoms with Crippen LogP contribution in [0.1, 0.15) is 51.9 Å². The lowest BCUT2D eigenvalue weighted by molar-refractivity contribution is -0.137. The molecule has 1 saturated carbocycles. The molecule has 3 heteroatoms. The SMILES string of the molecule is CCOC(=O)/C=C/CCCC1CCCCC1=O. The van der Waals surface area contributed by atoms with Crippen molar-refractivity contribution in [2.75, 3.05) is 6.61 Å². The van der Waals surface area contributed by atoms with Gasteiger partial charge in [0, 0.05) is 18.4 Å². The highest BCUT2D eigenvalue weighted by Crippen LogP contribution is 2.24. The van der Waals surface area contributed by atoms with E-state index < -0.39 is 0 Å². The molecule has 1 aliphatic carbocycles. The van der Waals surface area contributed by atoms with Gasteiger partial charge in [0.05, 0.1) is 6.61 Å². The number of allylic oxidation sites excluding steroid dienone is 1. The van der Waals surface area contributed by atoms with Crippen LogP contribution >= 0.6 is 0 Å². The smallest absolute Gasteiger partial charge is 0.330 e. The van der Waals surface area contributed by atoms with Crippen LogP contribution in [-0.2, 0) is 14.3 Å². The number of esters is 1. The second-order valence-corrected chi connectivity index (χ2v) is 4.49. The average Bonchev–Trinajstić information content (AvgIpc) is 2.31. The van der Waals surface area contributed by atoms with Crippen molar-refractivity contribution in [2.24, 2.45) is 5.92 Å². The first-order valence-corrected chi connectivity index (χ1v) is 6.60. The summed E-state index contributed by atoms with van der Waals surface area (Å²) in [6, 6.07) is 0. The van der Waals surface area contributed by atoms with Gasteiger partial charge in [-0.25, -0.2) is 4.79 Å². The molecule has 0 spiro atoms. The van der Waals surface area contributed by atoms with Crippen molar-refractivity contribution < 1.29 is 14.3 Å². The molecular formula is C14H22O3. The first kappa shape index (κ1) is 13.9. The van der Waals surface area contributed by atoms with E-state index in [0.717, 1.165) is 38.5 Å². The summed E-state index contributed by atoms with van der Waals surface area (Å²) in [7, 11) is 0. The van der Waals surface area contributed by atoms with Gasteiger partial charge in [-0.05, 0) is 39.0 Å². The van der Waals surface area contributed by atoms with Crippen molar-refractivity contribution >= 4 is 11.8 Å². The second kappa shape index (κ2) is 8.04. The van der Waals surface area contributed by atoms with E-state index in [-0.39, 0.29) is 11.9 Å². The van der Waals surface area contributed by atoms with Crippen LogP contribution in [0.3, 0.4) is 0 Å². The number of ether oxygens (including phenoxy) is 1. The molecule has 1 atom stereocenters. The Balaban J connectivity index is 2.11. The Bertz CT molecular complexity index is 281. The Morgan fingerprint density at radius 1 is 1.47 bits per heavy atom. The number of carbonyl (C=O) groups is 2. The van der Waals surface area contributed by atoms with Crippen molar-refractivity contribution in [2.45, 2.75) is 51.9 Å². The topological polar surface area (TPSA) is 43.4 Å². The van der Waals surface area contributed by atoms with Crippen LogP contribution in [0.5, 0.6) is 0 Å². The summed E-state index contributed by atoms with van der Waals surface area (Å²) in [4.78, 5) is 22.6. The normalized spacial score (nSPS) is 20.8. The van der Waals surface area contributed by atoms with E-state index in [4.69, 9.17) is 4.74 Å². The monoisotopic (exact) mass is 238 g/mol. The largest absolute Gasteiger partial charge is 0.463 e. The highest BCUT2D eigenvalue weighted by molar-refractivity contribution is 5.82. The van der Waals surface area contributed by atoms with Crippen LogP contribution in [0.4, 0.5) is 0 Å². The Morgan fingerprint density at radius 3 is 3.00 bits per heavy atom. The minimum atomic E-state index is -0.277. The average molecular weight is 238 g/mol. The Hall–Kier alpha value is -1.12. The van der Waals surface area contributed by atoms with E-state index in [1.165, 1.54) is 12.5 Å². The molecule has 1 fully saturated rings. The van der Waals surface area contributed by atoms with Crippen LogP contribution in [-0.4, -0.2) is 18.4 Å². The van der Waals surface area contributed by atoms with Gasteiger partial charge in [-0.3, -0.25) is 4.79 Å². The number of carbonyl (C=O) groups excluding carboxylic acids is 2. The van der Waals surface area contributed by atoms with Crippen LogP contribution in [0.25, 0.3) is 0 Å². The molecule has 0 saturated heterocycles. The summed E-state index contributed by atoms with van der Waals surface area (Å²) < 4.78 is 4.78. The Kier molecular flexibility index (Phi) is 6.60. The zero-order chi connectivity index (χ0) is 12.5. The van der Waals surface area contributed by atoms with E-state index in [0.29, 0.717) is 12.4 Å². The summed E-state index contributed by atoms with van der Waals surface area (Å²) in [5.74, 6) is 0.437. The summed E-state index contributed by atoms with van der Waals surface area (Å²) in [6.45, 7) is 2.21. The fourth-order valence-corrected chi connectivity index (χ4v) is 2.21. The third kappa shape index (κ3) is 5.66. The molecule has 1 unspecified atom stereocenters. The number of hydrogen-bond acceptors (Lipinski definition) is 3. The molecule has 0 bridgehead atoms. The molecule has 3 nitrogen and oxygen atoms in total. The molecule has 17 heavy (non-hydrogen) atoms. The first-order chi connectivity index (χ1) is 8.24. The molecule has 1 aliphatic rings. The fraction of sp³-hybridized carbons (Fsp3) is 0.714. The maximum atomic E-state index is 11.6. The Morgan fingerprint density at radius 2 is 2.29 bits per heavy atom. The molecule has 0 N–H and O–H groups in total. The summed E-state index contributed by atoms with van der Waals surface area (Å²) in [5, 5.41) is 0. The molecule has 1 rings (SSSR count). The van der Waals surface area contributed by atoms with Gasteiger partial charge in [-0.15, -0.1) is 0 Å². The maximum absolute atomic E-state index is 11.6. The number of Topliss-reactive ketones (excluding diaryl/α,β-unsaturated/α-hetero) is 1. The quantitative estimate of drug-likeness (QED) is 0.406. The van der Waals surface area contributed by atoms with Gasteiger partial charge in [-0.1, -0.05) is 12.5 Å². The van der Waals surface area contributed by atoms with Crippen LogP contribution in [0, 0.1) is 5.92 Å². The minimum absolute atomic E-state index is 0.277. The van der Waals surface area contributed by atoms with Gasteiger partial charge < -0.3 is 4.74 Å².